The van der Waals surface area contributed by atoms with Crippen LogP contribution in [-0.2, 0) is 6.42 Å². The van der Waals surface area contributed by atoms with E-state index in [0.29, 0.717) is 5.92 Å². The highest BCUT2D eigenvalue weighted by Gasteiger charge is 2.22. The summed E-state index contributed by atoms with van der Waals surface area (Å²) in [4.78, 5) is 15.3. The summed E-state index contributed by atoms with van der Waals surface area (Å²) < 4.78 is 0. The molecule has 86 valence electrons. The normalized spacial score (nSPS) is 19.2. The van der Waals surface area contributed by atoms with Crippen LogP contribution in [0.1, 0.15) is 35.6 Å². The lowest BCUT2D eigenvalue weighted by atomic mass is 9.87. The van der Waals surface area contributed by atoms with Crippen molar-refractivity contribution in [1.82, 2.24) is 4.98 Å². The van der Waals surface area contributed by atoms with E-state index in [0.717, 1.165) is 18.6 Å². The Labute approximate surface area is 99.8 Å². The first-order valence-electron chi connectivity index (χ1n) is 5.54. The molecule has 0 aromatic carbocycles. The summed E-state index contributed by atoms with van der Waals surface area (Å²) in [6, 6.07) is 2.21. The van der Waals surface area contributed by atoms with Crippen LogP contribution < -0.4 is 5.73 Å². The second kappa shape index (κ2) is 4.87. The van der Waals surface area contributed by atoms with Crippen LogP contribution in [0.2, 0.25) is 0 Å². The molecule has 0 saturated carbocycles. The number of nitrogens with zero attached hydrogens (tertiary/aromatic N) is 1. The molecule has 0 fully saturated rings. The van der Waals surface area contributed by atoms with E-state index < -0.39 is 0 Å². The number of aromatic nitrogens is 1. The first-order valence-corrected chi connectivity index (χ1v) is 6.53. The van der Waals surface area contributed by atoms with Crippen molar-refractivity contribution in [3.05, 3.63) is 29.1 Å². The van der Waals surface area contributed by atoms with Gasteiger partial charge in [0.05, 0.1) is 0 Å². The minimum Gasteiger partial charge on any atom is -0.361 e. The van der Waals surface area contributed by atoms with Gasteiger partial charge in [-0.3, -0.25) is 9.78 Å². The van der Waals surface area contributed by atoms with E-state index in [2.05, 4.69) is 18.0 Å². The maximum atomic E-state index is 10.8. The number of thioether (sulfide) groups is 1. The summed E-state index contributed by atoms with van der Waals surface area (Å²) >= 11 is 1.20. The van der Waals surface area contributed by atoms with Gasteiger partial charge in [-0.1, -0.05) is 17.8 Å². The number of rotatable bonds is 2. The van der Waals surface area contributed by atoms with Crippen molar-refractivity contribution >= 4 is 17.0 Å². The van der Waals surface area contributed by atoms with Crippen molar-refractivity contribution in [3.63, 3.8) is 0 Å². The van der Waals surface area contributed by atoms with Crippen molar-refractivity contribution in [2.24, 2.45) is 5.73 Å². The van der Waals surface area contributed by atoms with Gasteiger partial charge in [0.25, 0.3) is 5.24 Å². The Morgan fingerprint density at radius 1 is 1.69 bits per heavy atom. The molecule has 1 unspecified atom stereocenters. The van der Waals surface area contributed by atoms with Crippen molar-refractivity contribution in [2.75, 3.05) is 5.75 Å². The van der Waals surface area contributed by atoms with Gasteiger partial charge in [-0.2, -0.15) is 0 Å². The monoisotopic (exact) mass is 236 g/mol. The molecular weight excluding hydrogens is 220 g/mol. The molecule has 1 heterocycles. The van der Waals surface area contributed by atoms with Gasteiger partial charge in [0, 0.05) is 23.6 Å². The third-order valence-electron chi connectivity index (χ3n) is 2.95. The molecular formula is C12H16N2OS. The highest BCUT2D eigenvalue weighted by molar-refractivity contribution is 8.13. The van der Waals surface area contributed by atoms with Crippen LogP contribution in [0.5, 0.6) is 0 Å². The zero-order valence-corrected chi connectivity index (χ0v) is 10.2. The third kappa shape index (κ3) is 2.55. The van der Waals surface area contributed by atoms with Crippen LogP contribution in [-0.4, -0.2) is 16.0 Å². The highest BCUT2D eigenvalue weighted by Crippen LogP contribution is 2.32. The molecule has 4 heteroatoms. The molecule has 16 heavy (non-hydrogen) atoms. The second-order valence-electron chi connectivity index (χ2n) is 4.28. The van der Waals surface area contributed by atoms with E-state index in [-0.39, 0.29) is 5.24 Å². The van der Waals surface area contributed by atoms with Gasteiger partial charge in [-0.05, 0) is 37.3 Å². The molecule has 2 rings (SSSR count). The minimum atomic E-state index is -0.292. The van der Waals surface area contributed by atoms with E-state index in [4.69, 9.17) is 5.73 Å². The van der Waals surface area contributed by atoms with Gasteiger partial charge in [-0.25, -0.2) is 0 Å². The van der Waals surface area contributed by atoms with Crippen molar-refractivity contribution in [1.29, 1.82) is 0 Å². The molecule has 1 amide bonds. The van der Waals surface area contributed by atoms with Crippen LogP contribution in [0.25, 0.3) is 0 Å². The Bertz CT molecular complexity index is 406. The quantitative estimate of drug-likeness (QED) is 0.858. The van der Waals surface area contributed by atoms with Gasteiger partial charge in [-0.15, -0.1) is 0 Å². The fraction of sp³-hybridized carbons (Fsp3) is 0.500. The van der Waals surface area contributed by atoms with Crippen molar-refractivity contribution in [2.45, 2.75) is 32.1 Å². The lowest BCUT2D eigenvalue weighted by Gasteiger charge is -2.23. The molecule has 1 aliphatic carbocycles. The summed E-state index contributed by atoms with van der Waals surface area (Å²) in [6.07, 6.45) is 5.32. The lowest BCUT2D eigenvalue weighted by Crippen LogP contribution is -2.16. The van der Waals surface area contributed by atoms with Gasteiger partial charge < -0.3 is 5.73 Å². The van der Waals surface area contributed by atoms with E-state index >= 15 is 0 Å². The maximum absolute atomic E-state index is 10.8. The first-order chi connectivity index (χ1) is 7.66. The van der Waals surface area contributed by atoms with Crippen molar-refractivity contribution < 1.29 is 4.79 Å². The fourth-order valence-electron chi connectivity index (χ4n) is 2.23. The Hall–Kier alpha value is -1.03. The topological polar surface area (TPSA) is 56.0 Å². The second-order valence-corrected chi connectivity index (χ2v) is 5.30. The number of fused-ring (bicyclic) bond motifs is 1. The molecule has 2 N–H and O–H groups in total. The number of amides is 1. The fourth-order valence-corrected chi connectivity index (χ4v) is 2.92. The Morgan fingerprint density at radius 3 is 3.25 bits per heavy atom. The van der Waals surface area contributed by atoms with Crippen LogP contribution in [0.3, 0.4) is 0 Å². The molecule has 1 aliphatic rings. The molecule has 0 saturated heterocycles. The smallest absolute Gasteiger partial charge is 0.276 e. The number of hydrogen-bond acceptors (Lipinski definition) is 3. The largest absolute Gasteiger partial charge is 0.361 e. The van der Waals surface area contributed by atoms with Gasteiger partial charge in [0.15, 0.2) is 0 Å². The lowest BCUT2D eigenvalue weighted by molar-refractivity contribution is 0.267. The molecule has 0 spiro atoms. The first kappa shape index (κ1) is 11.5. The summed E-state index contributed by atoms with van der Waals surface area (Å²) in [5.74, 6) is 1.15. The Kier molecular flexibility index (Phi) is 3.49. The minimum absolute atomic E-state index is 0.292. The molecule has 1 aromatic rings. The molecule has 3 nitrogen and oxygen atoms in total. The van der Waals surface area contributed by atoms with E-state index in [1.165, 1.54) is 35.0 Å². The zero-order chi connectivity index (χ0) is 11.5. The highest BCUT2D eigenvalue weighted by atomic mass is 32.2. The number of hydrogen-bond donors (Lipinski definition) is 1. The summed E-state index contributed by atoms with van der Waals surface area (Å²) in [5.41, 5.74) is 8.89. The number of nitrogens with two attached hydrogens (primary N) is 1. The molecule has 0 aliphatic heterocycles. The van der Waals surface area contributed by atoms with Gasteiger partial charge in [0.2, 0.25) is 0 Å². The van der Waals surface area contributed by atoms with Gasteiger partial charge in [0.1, 0.15) is 0 Å². The predicted octanol–water partition coefficient (Wildman–Crippen LogP) is 2.62. The Balaban J connectivity index is 2.16. The van der Waals surface area contributed by atoms with E-state index in [1.54, 1.807) is 0 Å². The third-order valence-corrected chi connectivity index (χ3v) is 3.80. The van der Waals surface area contributed by atoms with Crippen LogP contribution >= 0.6 is 11.8 Å². The van der Waals surface area contributed by atoms with Crippen molar-refractivity contribution in [3.8, 4) is 0 Å². The molecule has 1 atom stereocenters. The summed E-state index contributed by atoms with van der Waals surface area (Å²) in [6.45, 7) is 2.06. The van der Waals surface area contributed by atoms with Crippen LogP contribution in [0.15, 0.2) is 12.3 Å². The average molecular weight is 236 g/mol. The zero-order valence-electron chi connectivity index (χ0n) is 9.40. The average Bonchev–Trinajstić information content (AvgIpc) is 2.25. The number of carbonyl (C=O) groups excluding carboxylic acids is 1. The number of pyridine rings is 1. The number of aryl methyl sites for hydroxylation is 2. The van der Waals surface area contributed by atoms with Gasteiger partial charge >= 0.3 is 0 Å². The van der Waals surface area contributed by atoms with E-state index in [1.807, 2.05) is 6.20 Å². The molecule has 1 aromatic heterocycles. The standard InChI is InChI=1S/C12H16N2OS/c1-8-5-9-3-2-4-10(7-16-12(13)15)11(9)14-6-8/h5-6,10H,2-4,7H2,1H3,(H2,13,15). The summed E-state index contributed by atoms with van der Waals surface area (Å²) in [7, 11) is 0. The molecule has 0 radical (unpaired) electrons. The van der Waals surface area contributed by atoms with Crippen LogP contribution in [0, 0.1) is 6.92 Å². The predicted molar refractivity (Wildman–Crippen MR) is 66.7 cm³/mol. The number of carbonyl (C=O) groups is 1. The molecule has 0 bridgehead atoms. The summed E-state index contributed by atoms with van der Waals surface area (Å²) in [5, 5.41) is -0.292. The van der Waals surface area contributed by atoms with E-state index in [9.17, 15) is 4.79 Å². The Morgan fingerprint density at radius 2 is 2.50 bits per heavy atom. The number of primary amides is 1. The van der Waals surface area contributed by atoms with Crippen LogP contribution in [0.4, 0.5) is 4.79 Å². The maximum Gasteiger partial charge on any atom is 0.276 e. The SMILES string of the molecule is Cc1cnc2c(c1)CCCC2CSC(N)=O.